The third-order valence-electron chi connectivity index (χ3n) is 5.12. The number of carbonyl (C=O) groups excluding carboxylic acids is 1. The van der Waals surface area contributed by atoms with Crippen molar-refractivity contribution in [2.24, 2.45) is 4.99 Å². The van der Waals surface area contributed by atoms with Crippen LogP contribution in [0.5, 0.6) is 11.5 Å². The Kier molecular flexibility index (Phi) is 8.18. The predicted molar refractivity (Wildman–Crippen MR) is 151 cm³/mol. The van der Waals surface area contributed by atoms with Gasteiger partial charge in [-0.3, -0.25) is 4.79 Å². The monoisotopic (exact) mass is 666 g/mol. The molecule has 1 N–H and O–H groups in total. The highest BCUT2D eigenvalue weighted by Crippen LogP contribution is 2.37. The van der Waals surface area contributed by atoms with E-state index in [4.69, 9.17) is 9.47 Å². The van der Waals surface area contributed by atoms with E-state index in [1.165, 1.54) is 23.9 Å². The highest BCUT2D eigenvalue weighted by molar-refractivity contribution is 14.1. The Hall–Kier alpha value is -2.37. The molecule has 1 amide bonds. The first-order valence-corrected chi connectivity index (χ1v) is 13.2. The molecule has 0 bridgehead atoms. The fraction of sp³-hybridized carbons (Fsp3) is 0.154. The summed E-state index contributed by atoms with van der Waals surface area (Å²) < 4.78 is 26.8. The van der Waals surface area contributed by atoms with Gasteiger partial charge in [0.05, 0.1) is 21.3 Å². The number of halogens is 3. The Balaban J connectivity index is 1.55. The van der Waals surface area contributed by atoms with Crippen molar-refractivity contribution in [1.29, 1.82) is 0 Å². The molecule has 0 spiro atoms. The van der Waals surface area contributed by atoms with Gasteiger partial charge in [0.2, 0.25) is 0 Å². The van der Waals surface area contributed by atoms with Crippen LogP contribution in [-0.2, 0) is 11.4 Å². The van der Waals surface area contributed by atoms with E-state index < -0.39 is 0 Å². The number of ether oxygens (including phenoxy) is 2. The van der Waals surface area contributed by atoms with Crippen molar-refractivity contribution in [2.45, 2.75) is 20.5 Å². The number of rotatable bonds is 6. The molecule has 1 fully saturated rings. The third kappa shape index (κ3) is 6.25. The average molecular weight is 667 g/mol. The van der Waals surface area contributed by atoms with Crippen molar-refractivity contribution in [1.82, 2.24) is 5.32 Å². The first kappa shape index (κ1) is 25.7. The number of nitrogens with zero attached hydrogens (tertiary/aromatic N) is 1. The maximum absolute atomic E-state index is 13.5. The minimum absolute atomic E-state index is 0.206. The number of aliphatic imine (C=N–C) groups is 1. The van der Waals surface area contributed by atoms with Crippen LogP contribution in [0, 0.1) is 23.2 Å². The van der Waals surface area contributed by atoms with Gasteiger partial charge in [0.25, 0.3) is 5.91 Å². The zero-order valence-electron chi connectivity index (χ0n) is 19.1. The van der Waals surface area contributed by atoms with Crippen LogP contribution in [0.4, 0.5) is 10.1 Å². The molecule has 0 aromatic heterocycles. The SMILES string of the molecule is COc1cc(/C=C2\SC(=Nc3cc(C)c(Br)c(C)c3)NC2=O)cc(I)c1OCc1cccc(F)c1. The minimum Gasteiger partial charge on any atom is -0.493 e. The lowest BCUT2D eigenvalue weighted by Gasteiger charge is -2.14. The summed E-state index contributed by atoms with van der Waals surface area (Å²) in [5.41, 5.74) is 4.45. The Labute approximate surface area is 229 Å². The van der Waals surface area contributed by atoms with Crippen LogP contribution in [0.3, 0.4) is 0 Å². The highest BCUT2D eigenvalue weighted by Gasteiger charge is 2.24. The van der Waals surface area contributed by atoms with E-state index in [-0.39, 0.29) is 18.3 Å². The molecule has 35 heavy (non-hydrogen) atoms. The summed E-state index contributed by atoms with van der Waals surface area (Å²) >= 11 is 7.01. The van der Waals surface area contributed by atoms with Crippen LogP contribution in [0.1, 0.15) is 22.3 Å². The molecule has 3 aromatic carbocycles. The number of amidine groups is 1. The van der Waals surface area contributed by atoms with Crippen LogP contribution < -0.4 is 14.8 Å². The minimum atomic E-state index is -0.310. The van der Waals surface area contributed by atoms with Gasteiger partial charge < -0.3 is 14.8 Å². The van der Waals surface area contributed by atoms with Crippen LogP contribution >= 0.6 is 50.3 Å². The lowest BCUT2D eigenvalue weighted by atomic mass is 10.1. The number of hydrogen-bond donors (Lipinski definition) is 1. The highest BCUT2D eigenvalue weighted by atomic mass is 127. The molecule has 9 heteroatoms. The van der Waals surface area contributed by atoms with Gasteiger partial charge in [0, 0.05) is 4.47 Å². The van der Waals surface area contributed by atoms with E-state index in [9.17, 15) is 9.18 Å². The zero-order valence-corrected chi connectivity index (χ0v) is 23.7. The van der Waals surface area contributed by atoms with Gasteiger partial charge in [0.15, 0.2) is 16.7 Å². The molecule has 0 saturated carbocycles. The maximum Gasteiger partial charge on any atom is 0.264 e. The molecule has 1 aliphatic heterocycles. The van der Waals surface area contributed by atoms with Crippen molar-refractivity contribution in [3.63, 3.8) is 0 Å². The second kappa shape index (κ2) is 11.1. The predicted octanol–water partition coefficient (Wildman–Crippen LogP) is 7.29. The smallest absolute Gasteiger partial charge is 0.264 e. The molecule has 0 atom stereocenters. The third-order valence-corrected chi connectivity index (χ3v) is 8.09. The number of aryl methyl sites for hydroxylation is 2. The first-order valence-electron chi connectivity index (χ1n) is 10.5. The van der Waals surface area contributed by atoms with Crippen LogP contribution in [0.25, 0.3) is 6.08 Å². The van der Waals surface area contributed by atoms with Crippen molar-refractivity contribution in [3.8, 4) is 11.5 Å². The fourth-order valence-corrected chi connectivity index (χ4v) is 5.33. The number of benzene rings is 3. The zero-order chi connectivity index (χ0) is 25.1. The standard InChI is InChI=1S/C26H21BrFIN2O3S/c1-14-7-19(8-15(2)23(14)27)30-26-31-25(32)22(35-26)12-17-10-20(29)24(21(11-17)33-3)34-13-16-5-4-6-18(28)9-16/h4-12H,13H2,1-3H3,(H,30,31,32)/b22-12-. The number of amides is 1. The molecular formula is C26H21BrFIN2O3S. The molecular weight excluding hydrogens is 646 g/mol. The summed E-state index contributed by atoms with van der Waals surface area (Å²) in [5.74, 6) is 0.569. The molecule has 1 aliphatic rings. The van der Waals surface area contributed by atoms with Crippen LogP contribution in [0.2, 0.25) is 0 Å². The van der Waals surface area contributed by atoms with Crippen molar-refractivity contribution in [3.05, 3.63) is 89.6 Å². The normalized spacial score (nSPS) is 15.5. The van der Waals surface area contributed by atoms with Gasteiger partial charge in [-0.1, -0.05) is 28.1 Å². The topological polar surface area (TPSA) is 59.9 Å². The summed E-state index contributed by atoms with van der Waals surface area (Å²) in [6, 6.07) is 13.9. The van der Waals surface area contributed by atoms with Gasteiger partial charge in [-0.2, -0.15) is 0 Å². The molecule has 0 unspecified atom stereocenters. The molecule has 3 aromatic rings. The number of hydrogen-bond acceptors (Lipinski definition) is 5. The quantitative estimate of drug-likeness (QED) is 0.222. The molecule has 5 nitrogen and oxygen atoms in total. The van der Waals surface area contributed by atoms with E-state index in [0.717, 1.165) is 36.0 Å². The Morgan fingerprint density at radius 1 is 1.17 bits per heavy atom. The van der Waals surface area contributed by atoms with Crippen molar-refractivity contribution in [2.75, 3.05) is 7.11 Å². The lowest BCUT2D eigenvalue weighted by Crippen LogP contribution is -2.19. The van der Waals surface area contributed by atoms with Crippen molar-refractivity contribution >= 4 is 73.1 Å². The first-order chi connectivity index (χ1) is 16.7. The van der Waals surface area contributed by atoms with Crippen molar-refractivity contribution < 1.29 is 18.7 Å². The molecule has 1 saturated heterocycles. The number of carbonyl (C=O) groups is 1. The van der Waals surface area contributed by atoms with Gasteiger partial charge in [-0.15, -0.1) is 0 Å². The van der Waals surface area contributed by atoms with Gasteiger partial charge in [-0.25, -0.2) is 9.38 Å². The van der Waals surface area contributed by atoms with Crippen LogP contribution in [-0.4, -0.2) is 18.2 Å². The molecule has 180 valence electrons. The van der Waals surface area contributed by atoms with E-state index >= 15 is 0 Å². The molecule has 1 heterocycles. The van der Waals surface area contributed by atoms with E-state index in [0.29, 0.717) is 21.6 Å². The van der Waals surface area contributed by atoms with Gasteiger partial charge in [0.1, 0.15) is 12.4 Å². The van der Waals surface area contributed by atoms with Gasteiger partial charge in [-0.05, 0) is 113 Å². The largest absolute Gasteiger partial charge is 0.493 e. The second-order valence-corrected chi connectivity index (χ2v) is 10.8. The second-order valence-electron chi connectivity index (χ2n) is 7.83. The number of thioether (sulfide) groups is 1. The fourth-order valence-electron chi connectivity index (χ4n) is 3.48. The summed E-state index contributed by atoms with van der Waals surface area (Å²) in [6.07, 6.45) is 1.79. The Bertz CT molecular complexity index is 1350. The lowest BCUT2D eigenvalue weighted by molar-refractivity contribution is -0.115. The average Bonchev–Trinajstić information content (AvgIpc) is 3.14. The number of methoxy groups -OCH3 is 1. The Morgan fingerprint density at radius 2 is 1.91 bits per heavy atom. The summed E-state index contributed by atoms with van der Waals surface area (Å²) in [5, 5.41) is 3.36. The van der Waals surface area contributed by atoms with E-state index in [1.807, 2.05) is 32.0 Å². The van der Waals surface area contributed by atoms with Crippen LogP contribution in [0.15, 0.2) is 62.9 Å². The van der Waals surface area contributed by atoms with E-state index in [2.05, 4.69) is 48.8 Å². The summed E-state index contributed by atoms with van der Waals surface area (Å²) in [6.45, 7) is 4.22. The Morgan fingerprint density at radius 3 is 2.60 bits per heavy atom. The molecule has 4 rings (SSSR count). The summed E-state index contributed by atoms with van der Waals surface area (Å²) in [4.78, 5) is 17.7. The summed E-state index contributed by atoms with van der Waals surface area (Å²) in [7, 11) is 1.56. The molecule has 0 aliphatic carbocycles. The number of nitrogens with one attached hydrogen (secondary N) is 1. The van der Waals surface area contributed by atoms with E-state index in [1.54, 1.807) is 31.4 Å². The maximum atomic E-state index is 13.5. The molecule has 0 radical (unpaired) electrons. The van der Waals surface area contributed by atoms with Gasteiger partial charge >= 0.3 is 0 Å².